The third kappa shape index (κ3) is 6.13. The number of carbonyl (C=O) groups is 1. The lowest BCUT2D eigenvalue weighted by atomic mass is 10.1. The Hall–Kier alpha value is -1.76. The van der Waals surface area contributed by atoms with E-state index in [2.05, 4.69) is 5.32 Å². The fourth-order valence-electron chi connectivity index (χ4n) is 2.67. The van der Waals surface area contributed by atoms with E-state index in [0.29, 0.717) is 17.1 Å². The van der Waals surface area contributed by atoms with Gasteiger partial charge in [0.15, 0.2) is 0 Å². The summed E-state index contributed by atoms with van der Waals surface area (Å²) in [6, 6.07) is 12.3. The van der Waals surface area contributed by atoms with Crippen LogP contribution in [0.4, 0.5) is 11.4 Å². The average Bonchev–Trinajstić information content (AvgIpc) is 2.60. The van der Waals surface area contributed by atoms with Gasteiger partial charge in [0.25, 0.3) is 0 Å². The van der Waals surface area contributed by atoms with Crippen LogP contribution in [0.5, 0.6) is 0 Å². The summed E-state index contributed by atoms with van der Waals surface area (Å²) in [6.07, 6.45) is 2.50. The molecule has 0 heterocycles. The molecular formula is C19H22Cl2N2O3S. The highest BCUT2D eigenvalue weighted by atomic mass is 35.5. The quantitative estimate of drug-likeness (QED) is 0.659. The van der Waals surface area contributed by atoms with Crippen LogP contribution in [0, 0.1) is 0 Å². The molecule has 0 aliphatic heterocycles. The molecule has 8 heteroatoms. The van der Waals surface area contributed by atoms with E-state index in [4.69, 9.17) is 23.2 Å². The molecule has 0 saturated carbocycles. The molecule has 0 bridgehead atoms. The third-order valence-electron chi connectivity index (χ3n) is 4.03. The Labute approximate surface area is 170 Å². The second kappa shape index (κ2) is 9.44. The lowest BCUT2D eigenvalue weighted by molar-refractivity contribution is -0.116. The van der Waals surface area contributed by atoms with Gasteiger partial charge in [-0.25, -0.2) is 8.42 Å². The molecule has 0 unspecified atom stereocenters. The maximum absolute atomic E-state index is 12.2. The first kappa shape index (κ1) is 21.5. The van der Waals surface area contributed by atoms with Crippen LogP contribution >= 0.6 is 23.2 Å². The van der Waals surface area contributed by atoms with Crippen molar-refractivity contribution >= 4 is 50.5 Å². The van der Waals surface area contributed by atoms with Crippen molar-refractivity contribution in [2.45, 2.75) is 26.2 Å². The summed E-state index contributed by atoms with van der Waals surface area (Å²) in [6.45, 7) is 2.19. The second-order valence-corrected chi connectivity index (χ2v) is 8.82. The van der Waals surface area contributed by atoms with Gasteiger partial charge in [-0.3, -0.25) is 9.10 Å². The molecular weight excluding hydrogens is 407 g/mol. The number of para-hydroxylation sites is 1. The zero-order valence-corrected chi connectivity index (χ0v) is 17.5. The molecule has 2 aromatic carbocycles. The fourth-order valence-corrected chi connectivity index (χ4v) is 3.92. The molecule has 0 fully saturated rings. The predicted octanol–water partition coefficient (Wildman–Crippen LogP) is 4.74. The number of nitrogens with one attached hydrogen (secondary N) is 1. The Morgan fingerprint density at radius 2 is 1.81 bits per heavy atom. The number of nitrogens with zero attached hydrogens (tertiary/aromatic N) is 1. The standard InChI is InChI=1S/C19H22Cl2N2O3S/c1-3-14-7-4-5-8-18(14)22-19(24)9-6-12-23(27(2,25)26)15-10-11-16(20)17(21)13-15/h4-5,7-8,10-11,13H,3,6,9,12H2,1-2H3,(H,22,24). The van der Waals surface area contributed by atoms with Gasteiger partial charge in [0.1, 0.15) is 0 Å². The molecule has 0 aliphatic carbocycles. The van der Waals surface area contributed by atoms with Gasteiger partial charge in [-0.15, -0.1) is 0 Å². The van der Waals surface area contributed by atoms with E-state index in [0.717, 1.165) is 23.9 Å². The molecule has 0 saturated heterocycles. The van der Waals surface area contributed by atoms with Gasteiger partial charge < -0.3 is 5.32 Å². The number of sulfonamides is 1. The molecule has 0 aliphatic rings. The van der Waals surface area contributed by atoms with Crippen molar-refractivity contribution in [2.24, 2.45) is 0 Å². The fraction of sp³-hybridized carbons (Fsp3) is 0.316. The molecule has 27 heavy (non-hydrogen) atoms. The van der Waals surface area contributed by atoms with Crippen molar-refractivity contribution in [2.75, 3.05) is 22.4 Å². The maximum Gasteiger partial charge on any atom is 0.232 e. The van der Waals surface area contributed by atoms with Crippen LogP contribution in [0.25, 0.3) is 0 Å². The summed E-state index contributed by atoms with van der Waals surface area (Å²) in [7, 11) is -3.52. The Balaban J connectivity index is 2.01. The SMILES string of the molecule is CCc1ccccc1NC(=O)CCCN(c1ccc(Cl)c(Cl)c1)S(C)(=O)=O. The summed E-state index contributed by atoms with van der Waals surface area (Å²) in [5, 5.41) is 3.51. The summed E-state index contributed by atoms with van der Waals surface area (Å²) in [4.78, 5) is 12.2. The minimum atomic E-state index is -3.52. The van der Waals surface area contributed by atoms with Gasteiger partial charge in [-0.05, 0) is 42.7 Å². The third-order valence-corrected chi connectivity index (χ3v) is 5.96. The van der Waals surface area contributed by atoms with Crippen molar-refractivity contribution in [1.82, 2.24) is 0 Å². The van der Waals surface area contributed by atoms with E-state index in [9.17, 15) is 13.2 Å². The van der Waals surface area contributed by atoms with E-state index in [1.54, 1.807) is 12.1 Å². The second-order valence-electron chi connectivity index (χ2n) is 6.10. The van der Waals surface area contributed by atoms with Gasteiger partial charge in [0, 0.05) is 18.7 Å². The topological polar surface area (TPSA) is 66.5 Å². The first-order valence-corrected chi connectivity index (χ1v) is 11.1. The molecule has 146 valence electrons. The van der Waals surface area contributed by atoms with Crippen molar-refractivity contribution in [3.63, 3.8) is 0 Å². The number of anilines is 2. The zero-order chi connectivity index (χ0) is 20.0. The lowest BCUT2D eigenvalue weighted by Crippen LogP contribution is -2.31. The molecule has 0 spiro atoms. The number of halogens is 2. The summed E-state index contributed by atoms with van der Waals surface area (Å²) in [5.41, 5.74) is 2.26. The van der Waals surface area contributed by atoms with Crippen LogP contribution in [0.3, 0.4) is 0 Å². The average molecular weight is 429 g/mol. The Bertz CT molecular complexity index is 917. The van der Waals surface area contributed by atoms with Gasteiger partial charge >= 0.3 is 0 Å². The Morgan fingerprint density at radius 3 is 2.44 bits per heavy atom. The number of benzene rings is 2. The minimum absolute atomic E-state index is 0.154. The molecule has 0 aromatic heterocycles. The highest BCUT2D eigenvalue weighted by Gasteiger charge is 2.18. The number of amides is 1. The van der Waals surface area contributed by atoms with Gasteiger partial charge in [-0.1, -0.05) is 48.3 Å². The monoisotopic (exact) mass is 428 g/mol. The highest BCUT2D eigenvalue weighted by Crippen LogP contribution is 2.28. The Morgan fingerprint density at radius 1 is 1.11 bits per heavy atom. The molecule has 0 atom stereocenters. The van der Waals surface area contributed by atoms with E-state index in [-0.39, 0.29) is 23.9 Å². The number of carbonyl (C=O) groups excluding carboxylic acids is 1. The normalized spacial score (nSPS) is 11.3. The number of aryl methyl sites for hydroxylation is 1. The van der Waals surface area contributed by atoms with Crippen LogP contribution < -0.4 is 9.62 Å². The summed E-state index contributed by atoms with van der Waals surface area (Å²) in [5.74, 6) is -0.154. The summed E-state index contributed by atoms with van der Waals surface area (Å²) >= 11 is 11.9. The number of hydrogen-bond donors (Lipinski definition) is 1. The highest BCUT2D eigenvalue weighted by molar-refractivity contribution is 7.92. The molecule has 1 N–H and O–H groups in total. The van der Waals surface area contributed by atoms with Crippen molar-refractivity contribution < 1.29 is 13.2 Å². The van der Waals surface area contributed by atoms with Crippen LogP contribution in [0.15, 0.2) is 42.5 Å². The van der Waals surface area contributed by atoms with Crippen LogP contribution in [-0.4, -0.2) is 27.1 Å². The largest absolute Gasteiger partial charge is 0.326 e. The van der Waals surface area contributed by atoms with Crippen molar-refractivity contribution in [3.8, 4) is 0 Å². The molecule has 2 aromatic rings. The van der Waals surface area contributed by atoms with Gasteiger partial charge in [-0.2, -0.15) is 0 Å². The van der Waals surface area contributed by atoms with E-state index < -0.39 is 10.0 Å². The smallest absolute Gasteiger partial charge is 0.232 e. The Kier molecular flexibility index (Phi) is 7.53. The lowest BCUT2D eigenvalue weighted by Gasteiger charge is -2.22. The number of rotatable bonds is 8. The van der Waals surface area contributed by atoms with Crippen LogP contribution in [-0.2, 0) is 21.2 Å². The van der Waals surface area contributed by atoms with Crippen molar-refractivity contribution in [1.29, 1.82) is 0 Å². The maximum atomic E-state index is 12.2. The van der Waals surface area contributed by atoms with E-state index >= 15 is 0 Å². The first-order valence-electron chi connectivity index (χ1n) is 8.53. The molecule has 5 nitrogen and oxygen atoms in total. The van der Waals surface area contributed by atoms with E-state index in [1.165, 1.54) is 10.4 Å². The van der Waals surface area contributed by atoms with E-state index in [1.807, 2.05) is 31.2 Å². The molecule has 1 amide bonds. The van der Waals surface area contributed by atoms with Gasteiger partial charge in [0.05, 0.1) is 22.0 Å². The zero-order valence-electron chi connectivity index (χ0n) is 15.2. The van der Waals surface area contributed by atoms with Crippen LogP contribution in [0.2, 0.25) is 10.0 Å². The summed E-state index contributed by atoms with van der Waals surface area (Å²) < 4.78 is 25.5. The predicted molar refractivity (Wildman–Crippen MR) is 112 cm³/mol. The number of hydrogen-bond acceptors (Lipinski definition) is 3. The minimum Gasteiger partial charge on any atom is -0.326 e. The van der Waals surface area contributed by atoms with Crippen molar-refractivity contribution in [3.05, 3.63) is 58.1 Å². The van der Waals surface area contributed by atoms with Gasteiger partial charge in [0.2, 0.25) is 15.9 Å². The molecule has 0 radical (unpaired) electrons. The first-order chi connectivity index (χ1) is 12.7. The van der Waals surface area contributed by atoms with Crippen LogP contribution in [0.1, 0.15) is 25.3 Å². The molecule has 2 rings (SSSR count).